The van der Waals surface area contributed by atoms with Crippen LogP contribution in [0.1, 0.15) is 15.9 Å². The molecular formula is C13H5Br2ClF2O. The van der Waals surface area contributed by atoms with E-state index in [4.69, 9.17) is 11.6 Å². The minimum Gasteiger partial charge on any atom is -0.288 e. The lowest BCUT2D eigenvalue weighted by Gasteiger charge is -2.06. The van der Waals surface area contributed by atoms with Crippen LogP contribution in [0.15, 0.2) is 39.3 Å². The van der Waals surface area contributed by atoms with Crippen molar-refractivity contribution in [3.63, 3.8) is 0 Å². The molecule has 0 saturated carbocycles. The Bertz CT molecular complexity index is 674. The molecule has 0 aliphatic heterocycles. The Balaban J connectivity index is 2.56. The van der Waals surface area contributed by atoms with Crippen LogP contribution in [0.5, 0.6) is 0 Å². The highest BCUT2D eigenvalue weighted by Crippen LogP contribution is 2.27. The first-order valence-electron chi connectivity index (χ1n) is 5.05. The van der Waals surface area contributed by atoms with Gasteiger partial charge in [0.15, 0.2) is 11.6 Å². The molecule has 98 valence electrons. The molecule has 0 aliphatic rings. The van der Waals surface area contributed by atoms with Crippen LogP contribution < -0.4 is 0 Å². The van der Waals surface area contributed by atoms with Crippen molar-refractivity contribution in [2.75, 3.05) is 0 Å². The van der Waals surface area contributed by atoms with E-state index in [-0.39, 0.29) is 10.0 Å². The Morgan fingerprint density at radius 1 is 1.05 bits per heavy atom. The van der Waals surface area contributed by atoms with Gasteiger partial charge in [0.2, 0.25) is 0 Å². The number of hydrogen-bond donors (Lipinski definition) is 0. The molecule has 0 heterocycles. The van der Waals surface area contributed by atoms with Gasteiger partial charge in [0.1, 0.15) is 5.82 Å². The number of hydrogen-bond acceptors (Lipinski definition) is 1. The highest BCUT2D eigenvalue weighted by molar-refractivity contribution is 9.10. The Morgan fingerprint density at radius 2 is 1.74 bits per heavy atom. The molecule has 0 bridgehead atoms. The lowest BCUT2D eigenvalue weighted by molar-refractivity contribution is 0.103. The number of carbonyl (C=O) groups is 1. The summed E-state index contributed by atoms with van der Waals surface area (Å²) in [6.45, 7) is 0. The van der Waals surface area contributed by atoms with Gasteiger partial charge in [-0.25, -0.2) is 8.78 Å². The van der Waals surface area contributed by atoms with Gasteiger partial charge in [-0.15, -0.1) is 0 Å². The fourth-order valence-electron chi connectivity index (χ4n) is 1.52. The fourth-order valence-corrected chi connectivity index (χ4v) is 2.34. The Labute approximate surface area is 129 Å². The van der Waals surface area contributed by atoms with Crippen molar-refractivity contribution in [2.45, 2.75) is 0 Å². The molecule has 1 nitrogen and oxygen atoms in total. The standard InChI is InChI=1S/C13H5Br2ClF2O/c14-7-2-4-10(17)11(12(7)18)13(19)6-1-3-9(16)8(15)5-6/h1-5H. The van der Waals surface area contributed by atoms with Gasteiger partial charge in [-0.1, -0.05) is 11.6 Å². The van der Waals surface area contributed by atoms with Gasteiger partial charge in [-0.2, -0.15) is 0 Å². The smallest absolute Gasteiger partial charge is 0.199 e. The second-order valence-electron chi connectivity index (χ2n) is 3.68. The summed E-state index contributed by atoms with van der Waals surface area (Å²) in [5, 5.41) is 0.409. The topological polar surface area (TPSA) is 17.1 Å². The fraction of sp³-hybridized carbons (Fsp3) is 0. The molecule has 0 fully saturated rings. The summed E-state index contributed by atoms with van der Waals surface area (Å²) in [5.74, 6) is -2.57. The second kappa shape index (κ2) is 5.69. The van der Waals surface area contributed by atoms with E-state index in [1.165, 1.54) is 24.3 Å². The van der Waals surface area contributed by atoms with Crippen LogP contribution >= 0.6 is 43.5 Å². The zero-order valence-electron chi connectivity index (χ0n) is 9.18. The third kappa shape index (κ3) is 2.88. The largest absolute Gasteiger partial charge is 0.288 e. The number of benzene rings is 2. The predicted molar refractivity (Wildman–Crippen MR) is 76.6 cm³/mol. The number of ketones is 1. The van der Waals surface area contributed by atoms with Crippen molar-refractivity contribution in [2.24, 2.45) is 0 Å². The summed E-state index contributed by atoms with van der Waals surface area (Å²) in [6.07, 6.45) is 0. The highest BCUT2D eigenvalue weighted by Gasteiger charge is 2.21. The molecule has 0 saturated heterocycles. The first kappa shape index (κ1) is 14.6. The van der Waals surface area contributed by atoms with Crippen molar-refractivity contribution in [1.29, 1.82) is 0 Å². The molecule has 0 N–H and O–H groups in total. The number of rotatable bonds is 2. The minimum atomic E-state index is -0.920. The Hall–Kier alpha value is -0.780. The molecule has 0 aliphatic carbocycles. The first-order chi connectivity index (χ1) is 8.91. The van der Waals surface area contributed by atoms with E-state index in [1.54, 1.807) is 0 Å². The van der Waals surface area contributed by atoms with E-state index < -0.39 is 23.0 Å². The molecule has 0 unspecified atom stereocenters. The molecule has 2 aromatic rings. The van der Waals surface area contributed by atoms with Crippen LogP contribution in [-0.4, -0.2) is 5.78 Å². The molecule has 2 rings (SSSR count). The van der Waals surface area contributed by atoms with E-state index >= 15 is 0 Å². The van der Waals surface area contributed by atoms with Crippen molar-refractivity contribution in [3.8, 4) is 0 Å². The minimum absolute atomic E-state index is 0.0327. The molecule has 0 radical (unpaired) electrons. The normalized spacial score (nSPS) is 10.6. The van der Waals surface area contributed by atoms with Crippen molar-refractivity contribution < 1.29 is 13.6 Å². The maximum atomic E-state index is 13.8. The van der Waals surface area contributed by atoms with E-state index in [0.29, 0.717) is 9.50 Å². The molecule has 19 heavy (non-hydrogen) atoms. The second-order valence-corrected chi connectivity index (χ2v) is 5.79. The van der Waals surface area contributed by atoms with Crippen LogP contribution in [0.4, 0.5) is 8.78 Å². The summed E-state index contributed by atoms with van der Waals surface area (Å²) in [7, 11) is 0. The summed E-state index contributed by atoms with van der Waals surface area (Å²) in [4.78, 5) is 12.1. The maximum absolute atomic E-state index is 13.8. The van der Waals surface area contributed by atoms with Gasteiger partial charge < -0.3 is 0 Å². The summed E-state index contributed by atoms with van der Waals surface area (Å²) in [6, 6.07) is 6.55. The third-order valence-corrected chi connectivity index (χ3v) is 4.28. The molecular weight excluding hydrogens is 405 g/mol. The molecule has 0 amide bonds. The van der Waals surface area contributed by atoms with Crippen LogP contribution in [0.25, 0.3) is 0 Å². The van der Waals surface area contributed by atoms with E-state index in [0.717, 1.165) is 6.07 Å². The van der Waals surface area contributed by atoms with Crippen LogP contribution in [0.3, 0.4) is 0 Å². The monoisotopic (exact) mass is 408 g/mol. The zero-order chi connectivity index (χ0) is 14.2. The predicted octanol–water partition coefficient (Wildman–Crippen LogP) is 5.37. The van der Waals surface area contributed by atoms with Crippen LogP contribution in [0.2, 0.25) is 5.02 Å². The average molecular weight is 410 g/mol. The number of halogens is 5. The highest BCUT2D eigenvalue weighted by atomic mass is 79.9. The van der Waals surface area contributed by atoms with Gasteiger partial charge in [0, 0.05) is 10.0 Å². The van der Waals surface area contributed by atoms with Crippen LogP contribution in [0, 0.1) is 11.6 Å². The molecule has 0 spiro atoms. The van der Waals surface area contributed by atoms with Crippen molar-refractivity contribution in [1.82, 2.24) is 0 Å². The number of carbonyl (C=O) groups excluding carboxylic acids is 1. The molecule has 6 heteroatoms. The molecule has 0 aromatic heterocycles. The summed E-state index contributed by atoms with van der Waals surface area (Å²) in [5.41, 5.74) is -0.448. The lowest BCUT2D eigenvalue weighted by Crippen LogP contribution is -2.08. The van der Waals surface area contributed by atoms with E-state index in [2.05, 4.69) is 31.9 Å². The van der Waals surface area contributed by atoms with Gasteiger partial charge in [-0.05, 0) is 62.2 Å². The van der Waals surface area contributed by atoms with Gasteiger partial charge in [0.05, 0.1) is 15.1 Å². The van der Waals surface area contributed by atoms with Gasteiger partial charge >= 0.3 is 0 Å². The lowest BCUT2D eigenvalue weighted by atomic mass is 10.0. The SMILES string of the molecule is O=C(c1ccc(Cl)c(Br)c1)c1c(F)ccc(Br)c1F. The van der Waals surface area contributed by atoms with E-state index in [9.17, 15) is 13.6 Å². The molecule has 0 atom stereocenters. The van der Waals surface area contributed by atoms with Crippen molar-refractivity contribution in [3.05, 3.63) is 67.1 Å². The Morgan fingerprint density at radius 3 is 2.37 bits per heavy atom. The van der Waals surface area contributed by atoms with E-state index in [1.807, 2.05) is 0 Å². The average Bonchev–Trinajstić information content (AvgIpc) is 2.37. The summed E-state index contributed by atoms with van der Waals surface area (Å²) < 4.78 is 28.0. The van der Waals surface area contributed by atoms with Gasteiger partial charge in [0.25, 0.3) is 0 Å². The molecule has 2 aromatic carbocycles. The Kier molecular flexibility index (Phi) is 4.38. The maximum Gasteiger partial charge on any atom is 0.199 e. The van der Waals surface area contributed by atoms with Crippen LogP contribution in [-0.2, 0) is 0 Å². The van der Waals surface area contributed by atoms with Gasteiger partial charge in [-0.3, -0.25) is 4.79 Å². The quantitative estimate of drug-likeness (QED) is 0.480. The zero-order valence-corrected chi connectivity index (χ0v) is 13.1. The first-order valence-corrected chi connectivity index (χ1v) is 7.01. The third-order valence-electron chi connectivity index (χ3n) is 2.45. The summed E-state index contributed by atoms with van der Waals surface area (Å²) >= 11 is 11.9. The van der Waals surface area contributed by atoms with Crippen molar-refractivity contribution >= 4 is 49.2 Å².